The van der Waals surface area contributed by atoms with Crippen molar-refractivity contribution >= 4 is 57.2 Å². The molecule has 2 rings (SSSR count). The molecule has 0 aromatic carbocycles. The molecular weight excluding hydrogens is 561 g/mol. The zero-order valence-corrected chi connectivity index (χ0v) is 25.5. The molecule has 1 aliphatic rings. The van der Waals surface area contributed by atoms with Gasteiger partial charge in [-0.3, -0.25) is 9.59 Å². The van der Waals surface area contributed by atoms with Gasteiger partial charge in [-0.1, -0.05) is 37.1 Å². The Morgan fingerprint density at radius 2 is 1.90 bits per heavy atom. The molecule has 3 N–H and O–H groups in total. The monoisotopic (exact) mass is 600 g/mol. The number of nitrogens with one attached hydrogen (secondary N) is 2. The van der Waals surface area contributed by atoms with Crippen LogP contribution in [0.5, 0.6) is 0 Å². The molecule has 1 aromatic rings. The van der Waals surface area contributed by atoms with E-state index in [2.05, 4.69) is 15.6 Å². The minimum absolute atomic E-state index is 0.160. The Bertz CT molecular complexity index is 953. The zero-order chi connectivity index (χ0) is 28.8. The first-order chi connectivity index (χ1) is 18.5. The lowest BCUT2D eigenvalue weighted by Gasteiger charge is -2.30. The van der Waals surface area contributed by atoms with Crippen LogP contribution < -0.4 is 10.6 Å². The van der Waals surface area contributed by atoms with Gasteiger partial charge in [0, 0.05) is 37.5 Å². The van der Waals surface area contributed by atoms with Crippen LogP contribution in [0.25, 0.3) is 0 Å². The lowest BCUT2D eigenvalue weighted by atomic mass is 9.97. The van der Waals surface area contributed by atoms with Gasteiger partial charge in [-0.05, 0) is 55.5 Å². The van der Waals surface area contributed by atoms with E-state index in [1.807, 2.05) is 32.0 Å². The summed E-state index contributed by atoms with van der Waals surface area (Å²) in [6.07, 6.45) is 5.78. The van der Waals surface area contributed by atoms with Gasteiger partial charge in [0.05, 0.1) is 11.0 Å². The summed E-state index contributed by atoms with van der Waals surface area (Å²) in [6, 6.07) is 4.91. The number of carboxylic acid groups (broad SMARTS) is 1. The highest BCUT2D eigenvalue weighted by molar-refractivity contribution is 8.76. The number of nitrogens with zero attached hydrogens (tertiary/aromatic N) is 2. The van der Waals surface area contributed by atoms with Crippen LogP contribution in [0, 0.1) is 0 Å². The van der Waals surface area contributed by atoms with E-state index < -0.39 is 18.1 Å². The number of amides is 3. The third-order valence-electron chi connectivity index (χ3n) is 6.38. The number of rotatable bonds is 15. The molecule has 0 saturated heterocycles. The van der Waals surface area contributed by atoms with Crippen molar-refractivity contribution in [3.05, 3.63) is 24.4 Å². The van der Waals surface area contributed by atoms with Crippen molar-refractivity contribution in [2.24, 2.45) is 0 Å². The fraction of sp³-hybridized carbons (Fsp3) is 0.654. The molecule has 1 saturated carbocycles. The van der Waals surface area contributed by atoms with Gasteiger partial charge < -0.3 is 25.4 Å². The molecule has 3 amide bonds. The summed E-state index contributed by atoms with van der Waals surface area (Å²) in [5.41, 5.74) is 0. The van der Waals surface area contributed by atoms with Crippen LogP contribution in [0.2, 0.25) is 0 Å². The highest BCUT2D eigenvalue weighted by atomic mass is 33.1. The fourth-order valence-electron chi connectivity index (χ4n) is 3.71. The smallest absolute Gasteiger partial charge is 0.407 e. The second kappa shape index (κ2) is 16.9. The standard InChI is InChI=1S/C26H40N4O6S3/c1-18(24(33)34)30(4)23(32)12-13-26(2,3)37-17-21(31)27-15-16-29-25(35)36-19-9-5-6-10-20(19)38-39-22-11-7-8-14-28-22/h7-8,11,14,18-20H,5-6,9-10,12-13,15-17H2,1-4H3,(H,27,31)(H,29,35)(H,33,34)/t18-,19-,20-/m0/s1. The summed E-state index contributed by atoms with van der Waals surface area (Å²) in [5.74, 6) is -1.25. The van der Waals surface area contributed by atoms with Crippen molar-refractivity contribution < 1.29 is 29.0 Å². The molecule has 0 radical (unpaired) electrons. The van der Waals surface area contributed by atoms with E-state index >= 15 is 0 Å². The molecule has 0 unspecified atom stereocenters. The predicted octanol–water partition coefficient (Wildman–Crippen LogP) is 4.20. The minimum Gasteiger partial charge on any atom is -0.480 e. The molecule has 39 heavy (non-hydrogen) atoms. The molecule has 1 heterocycles. The lowest BCUT2D eigenvalue weighted by molar-refractivity contribution is -0.148. The molecule has 218 valence electrons. The van der Waals surface area contributed by atoms with Crippen molar-refractivity contribution in [1.82, 2.24) is 20.5 Å². The second-order valence-corrected chi connectivity index (χ2v) is 14.1. The maximum atomic E-state index is 12.3. The minimum atomic E-state index is -1.05. The predicted molar refractivity (Wildman–Crippen MR) is 157 cm³/mol. The van der Waals surface area contributed by atoms with E-state index in [1.54, 1.807) is 27.8 Å². The van der Waals surface area contributed by atoms with Crippen molar-refractivity contribution in [3.63, 3.8) is 0 Å². The third kappa shape index (κ3) is 12.7. The molecule has 10 nitrogen and oxygen atoms in total. The van der Waals surface area contributed by atoms with E-state index in [0.717, 1.165) is 30.7 Å². The lowest BCUT2D eigenvalue weighted by Crippen LogP contribution is -2.40. The number of alkyl carbamates (subject to hydrolysis) is 1. The molecule has 0 spiro atoms. The van der Waals surface area contributed by atoms with E-state index in [-0.39, 0.29) is 53.2 Å². The third-order valence-corrected chi connectivity index (χ3v) is 10.6. The molecule has 0 bridgehead atoms. The van der Waals surface area contributed by atoms with Gasteiger partial charge in [0.25, 0.3) is 0 Å². The first-order valence-electron chi connectivity index (χ1n) is 13.1. The van der Waals surface area contributed by atoms with Gasteiger partial charge in [-0.2, -0.15) is 0 Å². The summed E-state index contributed by atoms with van der Waals surface area (Å²) >= 11 is 1.43. The molecule has 0 aliphatic heterocycles. The molecule has 1 fully saturated rings. The zero-order valence-electron chi connectivity index (χ0n) is 23.0. The maximum Gasteiger partial charge on any atom is 0.407 e. The number of carboxylic acids is 1. The summed E-state index contributed by atoms with van der Waals surface area (Å²) < 4.78 is 5.36. The van der Waals surface area contributed by atoms with Crippen LogP contribution in [0.4, 0.5) is 4.79 Å². The number of aromatic nitrogens is 1. The quantitative estimate of drug-likeness (QED) is 0.198. The van der Waals surface area contributed by atoms with E-state index in [1.165, 1.54) is 30.6 Å². The van der Waals surface area contributed by atoms with E-state index in [0.29, 0.717) is 6.42 Å². The number of aliphatic carboxylic acids is 1. The Morgan fingerprint density at radius 1 is 1.18 bits per heavy atom. The maximum absolute atomic E-state index is 12.3. The molecule has 1 aliphatic carbocycles. The molecule has 3 atom stereocenters. The highest BCUT2D eigenvalue weighted by Crippen LogP contribution is 2.40. The van der Waals surface area contributed by atoms with Crippen LogP contribution in [-0.4, -0.2) is 86.9 Å². The average molecular weight is 601 g/mol. The largest absolute Gasteiger partial charge is 0.480 e. The van der Waals surface area contributed by atoms with Gasteiger partial charge in [-0.15, -0.1) is 11.8 Å². The number of carbonyl (C=O) groups is 4. The van der Waals surface area contributed by atoms with Gasteiger partial charge in [0.2, 0.25) is 11.8 Å². The summed E-state index contributed by atoms with van der Waals surface area (Å²) in [7, 11) is 4.77. The number of hydrogen-bond acceptors (Lipinski definition) is 9. The number of thioether (sulfide) groups is 1. The topological polar surface area (TPSA) is 138 Å². The first-order valence-corrected chi connectivity index (χ1v) is 16.3. The fourth-order valence-corrected chi connectivity index (χ4v) is 7.24. The van der Waals surface area contributed by atoms with Crippen molar-refractivity contribution in [1.29, 1.82) is 0 Å². The van der Waals surface area contributed by atoms with Crippen molar-refractivity contribution in [3.8, 4) is 0 Å². The Kier molecular flexibility index (Phi) is 14.3. The van der Waals surface area contributed by atoms with Crippen molar-refractivity contribution in [2.75, 3.05) is 25.9 Å². The number of hydrogen-bond donors (Lipinski definition) is 3. The SMILES string of the molecule is C[C@@H](C(=O)O)N(C)C(=O)CCC(C)(C)SCC(=O)NCCNC(=O)O[C@H]1CCCC[C@@H]1SSc1ccccn1. The van der Waals surface area contributed by atoms with Crippen LogP contribution in [-0.2, 0) is 19.1 Å². The Morgan fingerprint density at radius 3 is 2.59 bits per heavy atom. The highest BCUT2D eigenvalue weighted by Gasteiger charge is 2.29. The Hall–Kier alpha value is -2.12. The second-order valence-electron chi connectivity index (χ2n) is 9.96. The van der Waals surface area contributed by atoms with Crippen LogP contribution in [0.3, 0.4) is 0 Å². The van der Waals surface area contributed by atoms with Gasteiger partial charge >= 0.3 is 12.1 Å². The Balaban J connectivity index is 1.62. The first kappa shape index (κ1) is 33.1. The molecule has 13 heteroatoms. The van der Waals surface area contributed by atoms with Gasteiger partial charge in [-0.25, -0.2) is 14.6 Å². The molecular formula is C26H40N4O6S3. The number of likely N-dealkylation sites (N-methyl/N-ethyl adjacent to an activating group) is 1. The molecule has 1 aromatic heterocycles. The number of ether oxygens (including phenoxy) is 1. The van der Waals surface area contributed by atoms with Crippen molar-refractivity contribution in [2.45, 2.75) is 86.5 Å². The summed E-state index contributed by atoms with van der Waals surface area (Å²) in [6.45, 7) is 5.90. The van der Waals surface area contributed by atoms with Crippen LogP contribution in [0.15, 0.2) is 29.4 Å². The average Bonchev–Trinajstić information content (AvgIpc) is 2.92. The van der Waals surface area contributed by atoms with Gasteiger partial charge in [0.15, 0.2) is 0 Å². The van der Waals surface area contributed by atoms with Crippen LogP contribution in [0.1, 0.15) is 59.3 Å². The Labute approximate surface area is 242 Å². The number of pyridine rings is 1. The number of carbonyl (C=O) groups excluding carboxylic acids is 3. The van der Waals surface area contributed by atoms with E-state index in [9.17, 15) is 19.2 Å². The van der Waals surface area contributed by atoms with Crippen LogP contribution >= 0.6 is 33.3 Å². The summed E-state index contributed by atoms with van der Waals surface area (Å²) in [5, 5.41) is 15.7. The normalized spacial score (nSPS) is 18.1. The summed E-state index contributed by atoms with van der Waals surface area (Å²) in [4.78, 5) is 53.5. The van der Waals surface area contributed by atoms with E-state index in [4.69, 9.17) is 9.84 Å². The van der Waals surface area contributed by atoms with Gasteiger partial charge in [0.1, 0.15) is 17.2 Å².